The zero-order valence-electron chi connectivity index (χ0n) is 10.5. The molecule has 0 saturated carbocycles. The summed E-state index contributed by atoms with van der Waals surface area (Å²) in [6, 6.07) is 0. The van der Waals surface area contributed by atoms with E-state index in [1.807, 2.05) is 7.05 Å². The summed E-state index contributed by atoms with van der Waals surface area (Å²) in [6.45, 7) is 11.2. The first-order chi connectivity index (χ1) is 5.71. The van der Waals surface area contributed by atoms with Gasteiger partial charge in [0.15, 0.2) is 0 Å². The molecule has 4 N–H and O–H groups in total. The SMILES string of the molecule is CC1CC(O)N(C)C(C)(C)C1(C)C.N. The number of aliphatic hydroxyl groups is 1. The minimum absolute atomic E-state index is 0. The summed E-state index contributed by atoms with van der Waals surface area (Å²) in [6.07, 6.45) is 0.602. The molecule has 2 unspecified atom stereocenters. The van der Waals surface area contributed by atoms with Gasteiger partial charge in [-0.3, -0.25) is 4.90 Å². The zero-order chi connectivity index (χ0) is 10.4. The van der Waals surface area contributed by atoms with Crippen LogP contribution in [0.25, 0.3) is 0 Å². The van der Waals surface area contributed by atoms with Crippen molar-refractivity contribution in [3.8, 4) is 0 Å². The summed E-state index contributed by atoms with van der Waals surface area (Å²) in [5.74, 6) is 0.564. The first-order valence-corrected chi connectivity index (χ1v) is 5.12. The molecule has 1 fully saturated rings. The number of rotatable bonds is 0. The molecule has 14 heavy (non-hydrogen) atoms. The molecule has 0 bridgehead atoms. The molecule has 2 atom stereocenters. The summed E-state index contributed by atoms with van der Waals surface area (Å²) < 4.78 is 0. The van der Waals surface area contributed by atoms with Gasteiger partial charge in [-0.2, -0.15) is 0 Å². The fourth-order valence-electron chi connectivity index (χ4n) is 2.20. The van der Waals surface area contributed by atoms with Crippen LogP contribution in [0.4, 0.5) is 0 Å². The number of hydrogen-bond acceptors (Lipinski definition) is 3. The van der Waals surface area contributed by atoms with Crippen molar-refractivity contribution < 1.29 is 5.11 Å². The molecule has 3 heteroatoms. The van der Waals surface area contributed by atoms with Crippen LogP contribution >= 0.6 is 0 Å². The molecule has 1 aliphatic rings. The van der Waals surface area contributed by atoms with Gasteiger partial charge in [0.05, 0.1) is 0 Å². The van der Waals surface area contributed by atoms with E-state index in [2.05, 4.69) is 39.5 Å². The molecular weight excluding hydrogens is 176 g/mol. The molecule has 0 amide bonds. The quantitative estimate of drug-likeness (QED) is 0.633. The molecule has 1 heterocycles. The third kappa shape index (κ3) is 1.69. The minimum atomic E-state index is -0.280. The lowest BCUT2D eigenvalue weighted by Gasteiger charge is -2.57. The molecule has 0 aromatic heterocycles. The van der Waals surface area contributed by atoms with Gasteiger partial charge in [0.2, 0.25) is 0 Å². The lowest BCUT2D eigenvalue weighted by Crippen LogP contribution is -2.62. The number of piperidine rings is 1. The molecule has 1 saturated heterocycles. The first kappa shape index (κ1) is 13.9. The van der Waals surface area contributed by atoms with Crippen LogP contribution < -0.4 is 6.15 Å². The van der Waals surface area contributed by atoms with Crippen molar-refractivity contribution >= 4 is 0 Å². The second kappa shape index (κ2) is 3.80. The summed E-state index contributed by atoms with van der Waals surface area (Å²) in [4.78, 5) is 2.09. The predicted molar refractivity (Wildman–Crippen MR) is 60.4 cm³/mol. The van der Waals surface area contributed by atoms with Crippen LogP contribution in [0.5, 0.6) is 0 Å². The Labute approximate surface area is 88.1 Å². The third-order valence-corrected chi connectivity index (χ3v) is 4.70. The maximum absolute atomic E-state index is 9.84. The molecule has 0 aliphatic carbocycles. The fraction of sp³-hybridized carbons (Fsp3) is 1.00. The van der Waals surface area contributed by atoms with Gasteiger partial charge in [-0.15, -0.1) is 0 Å². The highest BCUT2D eigenvalue weighted by Gasteiger charge is 2.49. The lowest BCUT2D eigenvalue weighted by molar-refractivity contribution is -0.154. The van der Waals surface area contributed by atoms with Crippen LogP contribution in [-0.4, -0.2) is 28.8 Å². The van der Waals surface area contributed by atoms with E-state index in [1.165, 1.54) is 0 Å². The lowest BCUT2D eigenvalue weighted by atomic mass is 9.62. The molecule has 3 nitrogen and oxygen atoms in total. The Bertz CT molecular complexity index is 201. The Morgan fingerprint density at radius 2 is 1.64 bits per heavy atom. The van der Waals surface area contributed by atoms with E-state index in [0.717, 1.165) is 6.42 Å². The molecule has 0 radical (unpaired) electrons. The highest BCUT2D eigenvalue weighted by Crippen LogP contribution is 2.47. The van der Waals surface area contributed by atoms with Crippen molar-refractivity contribution in [1.82, 2.24) is 11.1 Å². The van der Waals surface area contributed by atoms with Crippen LogP contribution in [0.2, 0.25) is 0 Å². The summed E-state index contributed by atoms with van der Waals surface area (Å²) in [5.41, 5.74) is 0.311. The van der Waals surface area contributed by atoms with Crippen LogP contribution in [0.1, 0.15) is 41.0 Å². The third-order valence-electron chi connectivity index (χ3n) is 4.70. The van der Waals surface area contributed by atoms with E-state index in [1.54, 1.807) is 0 Å². The molecule has 1 rings (SSSR count). The largest absolute Gasteiger partial charge is 0.378 e. The van der Waals surface area contributed by atoms with E-state index in [9.17, 15) is 5.11 Å². The van der Waals surface area contributed by atoms with E-state index < -0.39 is 0 Å². The number of nitrogens with zero attached hydrogens (tertiary/aromatic N) is 1. The Kier molecular flexibility index (Phi) is 3.76. The topological polar surface area (TPSA) is 58.5 Å². The smallest absolute Gasteiger partial charge is 0.107 e. The van der Waals surface area contributed by atoms with Gasteiger partial charge in [-0.25, -0.2) is 0 Å². The van der Waals surface area contributed by atoms with Crippen molar-refractivity contribution in [1.29, 1.82) is 0 Å². The molecule has 86 valence electrons. The van der Waals surface area contributed by atoms with Gasteiger partial charge in [0.25, 0.3) is 0 Å². The van der Waals surface area contributed by atoms with Gasteiger partial charge >= 0.3 is 0 Å². The van der Waals surface area contributed by atoms with Gasteiger partial charge in [0, 0.05) is 5.54 Å². The predicted octanol–water partition coefficient (Wildman–Crippen LogP) is 2.24. The highest BCUT2D eigenvalue weighted by atomic mass is 16.3. The number of aliphatic hydroxyl groups excluding tert-OH is 1. The van der Waals surface area contributed by atoms with Crippen LogP contribution in [0.3, 0.4) is 0 Å². The summed E-state index contributed by atoms with van der Waals surface area (Å²) >= 11 is 0. The van der Waals surface area contributed by atoms with Crippen LogP contribution in [0, 0.1) is 11.3 Å². The van der Waals surface area contributed by atoms with E-state index in [4.69, 9.17) is 0 Å². The standard InChI is InChI=1S/C11H23NO.H3N/c1-8-7-9(13)12(6)11(4,5)10(8,2)3;/h8-9,13H,7H2,1-6H3;1H3. The van der Waals surface area contributed by atoms with E-state index in [0.29, 0.717) is 5.92 Å². The van der Waals surface area contributed by atoms with Gasteiger partial charge in [0.1, 0.15) is 6.23 Å². The zero-order valence-corrected chi connectivity index (χ0v) is 10.5. The number of likely N-dealkylation sites (tertiary alicyclic amines) is 1. The first-order valence-electron chi connectivity index (χ1n) is 5.12. The van der Waals surface area contributed by atoms with Crippen molar-refractivity contribution in [2.45, 2.75) is 52.8 Å². The maximum Gasteiger partial charge on any atom is 0.107 e. The van der Waals surface area contributed by atoms with Crippen molar-refractivity contribution in [3.05, 3.63) is 0 Å². The molecule has 0 aromatic carbocycles. The van der Waals surface area contributed by atoms with E-state index in [-0.39, 0.29) is 23.3 Å². The van der Waals surface area contributed by atoms with E-state index >= 15 is 0 Å². The average molecular weight is 202 g/mol. The maximum atomic E-state index is 9.84. The molecule has 1 aliphatic heterocycles. The van der Waals surface area contributed by atoms with Gasteiger partial charge in [-0.05, 0) is 38.6 Å². The average Bonchev–Trinajstić information content (AvgIpc) is 2.00. The Hall–Kier alpha value is -0.120. The normalized spacial score (nSPS) is 36.2. The number of hydrogen-bond donors (Lipinski definition) is 2. The van der Waals surface area contributed by atoms with Crippen molar-refractivity contribution in [2.75, 3.05) is 7.05 Å². The summed E-state index contributed by atoms with van der Waals surface area (Å²) in [5, 5.41) is 9.84. The monoisotopic (exact) mass is 202 g/mol. The molecule has 0 spiro atoms. The Morgan fingerprint density at radius 1 is 1.21 bits per heavy atom. The summed E-state index contributed by atoms with van der Waals surface area (Å²) in [7, 11) is 2.01. The highest BCUT2D eigenvalue weighted by molar-refractivity contribution is 5.01. The van der Waals surface area contributed by atoms with Crippen molar-refractivity contribution in [2.24, 2.45) is 11.3 Å². The second-order valence-corrected chi connectivity index (χ2v) is 5.51. The van der Waals surface area contributed by atoms with Crippen LogP contribution in [0.15, 0.2) is 0 Å². The Balaban J connectivity index is 0.00000169. The Morgan fingerprint density at radius 3 is 2.07 bits per heavy atom. The minimum Gasteiger partial charge on any atom is -0.378 e. The van der Waals surface area contributed by atoms with Gasteiger partial charge < -0.3 is 11.3 Å². The van der Waals surface area contributed by atoms with Crippen molar-refractivity contribution in [3.63, 3.8) is 0 Å². The molecular formula is C11H26N2O. The van der Waals surface area contributed by atoms with Gasteiger partial charge in [-0.1, -0.05) is 20.8 Å². The fourth-order valence-corrected chi connectivity index (χ4v) is 2.20. The van der Waals surface area contributed by atoms with Crippen LogP contribution in [-0.2, 0) is 0 Å². The molecule has 0 aromatic rings. The second-order valence-electron chi connectivity index (χ2n) is 5.51.